The molecule has 19 heavy (non-hydrogen) atoms. The third-order valence-corrected chi connectivity index (χ3v) is 5.48. The molecular formula is C13H17BrClNO2S. The van der Waals surface area contributed by atoms with Crippen molar-refractivity contribution in [3.63, 3.8) is 0 Å². The molecule has 1 saturated heterocycles. The van der Waals surface area contributed by atoms with Gasteiger partial charge in [-0.1, -0.05) is 33.6 Å². The summed E-state index contributed by atoms with van der Waals surface area (Å²) < 4.78 is 21.4. The average Bonchev–Trinajstić information content (AvgIpc) is 2.22. The van der Waals surface area contributed by atoms with Crippen LogP contribution in [0.3, 0.4) is 0 Å². The van der Waals surface area contributed by atoms with Crippen molar-refractivity contribution in [3.8, 4) is 0 Å². The van der Waals surface area contributed by atoms with Crippen LogP contribution < -0.4 is 4.72 Å². The molecule has 0 saturated carbocycles. The summed E-state index contributed by atoms with van der Waals surface area (Å²) in [4.78, 5) is 0. The maximum atomic E-state index is 12.3. The molecule has 0 aromatic heterocycles. The minimum atomic E-state index is -1.17. The van der Waals surface area contributed by atoms with Gasteiger partial charge in [-0.2, -0.15) is 0 Å². The Morgan fingerprint density at radius 3 is 2.47 bits per heavy atom. The zero-order valence-electron chi connectivity index (χ0n) is 11.1. The Morgan fingerprint density at radius 1 is 1.42 bits per heavy atom. The molecule has 1 aromatic carbocycles. The number of rotatable bonds is 3. The fourth-order valence-electron chi connectivity index (χ4n) is 1.78. The first kappa shape index (κ1) is 15.4. The quantitative estimate of drug-likeness (QED) is 0.890. The predicted molar refractivity (Wildman–Crippen MR) is 82.7 cm³/mol. The molecule has 0 spiro atoms. The van der Waals surface area contributed by atoms with Crippen LogP contribution in [0.25, 0.3) is 0 Å². The lowest BCUT2D eigenvalue weighted by Gasteiger charge is -2.43. The van der Waals surface area contributed by atoms with E-state index >= 15 is 0 Å². The molecule has 1 fully saturated rings. The summed E-state index contributed by atoms with van der Waals surface area (Å²) in [5.74, 6) is 0. The molecule has 3 nitrogen and oxygen atoms in total. The van der Waals surface area contributed by atoms with Crippen LogP contribution in [0.15, 0.2) is 22.7 Å². The highest BCUT2D eigenvalue weighted by atomic mass is 79.9. The zero-order valence-corrected chi connectivity index (χ0v) is 14.3. The van der Waals surface area contributed by atoms with E-state index < -0.39 is 16.5 Å². The van der Waals surface area contributed by atoms with E-state index in [1.165, 1.54) is 0 Å². The van der Waals surface area contributed by atoms with Crippen molar-refractivity contribution in [2.75, 3.05) is 13.2 Å². The third-order valence-electron chi connectivity index (χ3n) is 2.99. The van der Waals surface area contributed by atoms with E-state index in [2.05, 4.69) is 20.7 Å². The third kappa shape index (κ3) is 3.22. The van der Waals surface area contributed by atoms with Crippen molar-refractivity contribution in [3.05, 3.63) is 33.3 Å². The molecule has 1 aliphatic rings. The molecule has 6 heteroatoms. The minimum absolute atomic E-state index is 0.329. The Labute approximate surface area is 129 Å². The van der Waals surface area contributed by atoms with Gasteiger partial charge in [-0.3, -0.25) is 0 Å². The summed E-state index contributed by atoms with van der Waals surface area (Å²) in [7, 11) is -1.17. The van der Waals surface area contributed by atoms with E-state index in [0.717, 1.165) is 10.0 Å². The normalized spacial score (nSPS) is 19.8. The Hall–Kier alpha value is 0.0600. The molecule has 2 rings (SSSR count). The lowest BCUT2D eigenvalue weighted by atomic mass is 9.89. The second-order valence-corrected chi connectivity index (χ2v) is 8.97. The van der Waals surface area contributed by atoms with Crippen LogP contribution in [0.5, 0.6) is 0 Å². The highest BCUT2D eigenvalue weighted by molar-refractivity contribution is 9.10. The van der Waals surface area contributed by atoms with Crippen molar-refractivity contribution >= 4 is 38.5 Å². The monoisotopic (exact) mass is 365 g/mol. The minimum Gasteiger partial charge on any atom is -0.377 e. The topological polar surface area (TPSA) is 38.3 Å². The van der Waals surface area contributed by atoms with Gasteiger partial charge in [0.2, 0.25) is 0 Å². The van der Waals surface area contributed by atoms with Crippen LogP contribution in [0.2, 0.25) is 5.02 Å². The van der Waals surface area contributed by atoms with E-state index in [1.807, 2.05) is 39.0 Å². The number of ether oxygens (including phenoxy) is 1. The summed E-state index contributed by atoms with van der Waals surface area (Å²) in [5.41, 5.74) is 0.483. The Morgan fingerprint density at radius 2 is 2.05 bits per heavy atom. The number of hydrogen-bond donors (Lipinski definition) is 1. The highest BCUT2D eigenvalue weighted by Crippen LogP contribution is 2.36. The fourth-order valence-corrected chi connectivity index (χ4v) is 3.53. The first-order valence-corrected chi connectivity index (χ1v) is 8.30. The second-order valence-electron chi connectivity index (χ2n) is 5.68. The van der Waals surface area contributed by atoms with Crippen molar-refractivity contribution in [1.82, 2.24) is 4.72 Å². The van der Waals surface area contributed by atoms with Gasteiger partial charge in [0.1, 0.15) is 5.54 Å². The summed E-state index contributed by atoms with van der Waals surface area (Å²) in [6.45, 7) is 6.78. The fraction of sp³-hybridized carbons (Fsp3) is 0.538. The van der Waals surface area contributed by atoms with Gasteiger partial charge in [-0.25, -0.2) is 8.93 Å². The van der Waals surface area contributed by atoms with Crippen molar-refractivity contribution in [2.24, 2.45) is 0 Å². The standard InChI is InChI=1S/C13H17BrClNO2S/c1-12(2,3)19(17)16-13(7-18-8-13)10-5-4-9(14)6-11(10)15/h4-6,16H,7-8H2,1-3H3. The molecule has 1 unspecified atom stereocenters. The Kier molecular flexibility index (Phi) is 4.43. The van der Waals surface area contributed by atoms with Gasteiger partial charge < -0.3 is 4.74 Å². The largest absolute Gasteiger partial charge is 0.377 e. The second kappa shape index (κ2) is 5.45. The molecule has 1 heterocycles. The van der Waals surface area contributed by atoms with Gasteiger partial charge in [-0.15, -0.1) is 0 Å². The van der Waals surface area contributed by atoms with Gasteiger partial charge in [-0.05, 0) is 38.5 Å². The summed E-state index contributed by atoms with van der Waals surface area (Å²) in [5, 5.41) is 0.649. The lowest BCUT2D eigenvalue weighted by molar-refractivity contribution is -0.0659. The van der Waals surface area contributed by atoms with Crippen LogP contribution in [0, 0.1) is 0 Å². The molecule has 0 bridgehead atoms. The van der Waals surface area contributed by atoms with Gasteiger partial charge >= 0.3 is 0 Å². The van der Waals surface area contributed by atoms with Crippen molar-refractivity contribution in [2.45, 2.75) is 31.1 Å². The molecular weight excluding hydrogens is 350 g/mol. The smallest absolute Gasteiger partial charge is 0.103 e. The number of halogens is 2. The van der Waals surface area contributed by atoms with Crippen LogP contribution in [0.1, 0.15) is 26.3 Å². The maximum Gasteiger partial charge on any atom is 0.103 e. The molecule has 106 valence electrons. The molecule has 0 amide bonds. The highest BCUT2D eigenvalue weighted by Gasteiger charge is 2.44. The van der Waals surface area contributed by atoms with Gasteiger partial charge in [0.05, 0.1) is 28.9 Å². The van der Waals surface area contributed by atoms with E-state index in [4.69, 9.17) is 16.3 Å². The average molecular weight is 367 g/mol. The van der Waals surface area contributed by atoms with E-state index in [-0.39, 0.29) is 4.75 Å². The van der Waals surface area contributed by atoms with Gasteiger partial charge in [0.25, 0.3) is 0 Å². The summed E-state index contributed by atoms with van der Waals surface area (Å²) in [6, 6.07) is 5.73. The predicted octanol–water partition coefficient (Wildman–Crippen LogP) is 3.38. The van der Waals surface area contributed by atoms with Crippen LogP contribution in [-0.4, -0.2) is 22.2 Å². The molecule has 1 N–H and O–H groups in total. The lowest BCUT2D eigenvalue weighted by Crippen LogP contribution is -2.60. The van der Waals surface area contributed by atoms with E-state index in [9.17, 15) is 4.21 Å². The molecule has 1 aliphatic heterocycles. The molecule has 0 radical (unpaired) electrons. The zero-order chi connectivity index (χ0) is 14.3. The van der Waals surface area contributed by atoms with Crippen molar-refractivity contribution in [1.29, 1.82) is 0 Å². The number of hydrogen-bond acceptors (Lipinski definition) is 2. The Balaban J connectivity index is 2.30. The van der Waals surface area contributed by atoms with E-state index in [1.54, 1.807) is 0 Å². The maximum absolute atomic E-state index is 12.3. The van der Waals surface area contributed by atoms with Gasteiger partial charge in [0, 0.05) is 9.50 Å². The molecule has 1 atom stereocenters. The van der Waals surface area contributed by atoms with Crippen LogP contribution in [-0.2, 0) is 21.3 Å². The van der Waals surface area contributed by atoms with Crippen molar-refractivity contribution < 1.29 is 8.95 Å². The van der Waals surface area contributed by atoms with Crippen LogP contribution >= 0.6 is 27.5 Å². The van der Waals surface area contributed by atoms with Gasteiger partial charge in [0.15, 0.2) is 0 Å². The Bertz CT molecular complexity index is 512. The summed E-state index contributed by atoms with van der Waals surface area (Å²) >= 11 is 9.69. The number of nitrogens with one attached hydrogen (secondary N) is 1. The SMILES string of the molecule is CC(C)(C)S(=O)NC1(c2ccc(Br)cc2Cl)COC1. The first-order valence-electron chi connectivity index (χ1n) is 5.98. The summed E-state index contributed by atoms with van der Waals surface area (Å²) in [6.07, 6.45) is 0. The first-order chi connectivity index (χ1) is 8.74. The van der Waals surface area contributed by atoms with Crippen LogP contribution in [0.4, 0.5) is 0 Å². The molecule has 1 aromatic rings. The number of benzene rings is 1. The molecule has 0 aliphatic carbocycles. The van der Waals surface area contributed by atoms with E-state index in [0.29, 0.717) is 18.2 Å².